The fraction of sp³-hybridized carbons (Fsp3) is 0.231. The molecule has 0 unspecified atom stereocenters. The molecule has 0 atom stereocenters. The van der Waals surface area contributed by atoms with Gasteiger partial charge in [0.1, 0.15) is 5.82 Å². The standard InChI is InChI=1S/C13H17N5O2S/c1-18(2)21(19,20)17-13-4-3-12(10-16-13)15-9-11-5-7-14-8-6-11/h3-8,10,15H,9H2,1-2H3,(H,16,17). The van der Waals surface area contributed by atoms with Gasteiger partial charge >= 0.3 is 10.2 Å². The van der Waals surface area contributed by atoms with Gasteiger partial charge in [-0.2, -0.15) is 12.7 Å². The minimum atomic E-state index is -3.53. The van der Waals surface area contributed by atoms with Crippen molar-refractivity contribution in [1.82, 2.24) is 14.3 Å². The van der Waals surface area contributed by atoms with E-state index < -0.39 is 10.2 Å². The second-order valence-corrected chi connectivity index (χ2v) is 6.42. The summed E-state index contributed by atoms with van der Waals surface area (Å²) in [7, 11) is -0.623. The van der Waals surface area contributed by atoms with E-state index in [-0.39, 0.29) is 5.82 Å². The molecule has 0 saturated carbocycles. The average molecular weight is 307 g/mol. The number of hydrogen-bond donors (Lipinski definition) is 2. The topological polar surface area (TPSA) is 87.2 Å². The first-order valence-electron chi connectivity index (χ1n) is 6.26. The first-order valence-corrected chi connectivity index (χ1v) is 7.70. The highest BCUT2D eigenvalue weighted by atomic mass is 32.2. The van der Waals surface area contributed by atoms with Crippen molar-refractivity contribution in [3.05, 3.63) is 48.4 Å². The lowest BCUT2D eigenvalue weighted by Crippen LogP contribution is -2.29. The van der Waals surface area contributed by atoms with Crippen molar-refractivity contribution in [3.8, 4) is 0 Å². The Morgan fingerprint density at radius 3 is 2.43 bits per heavy atom. The van der Waals surface area contributed by atoms with E-state index in [2.05, 4.69) is 20.0 Å². The van der Waals surface area contributed by atoms with Gasteiger partial charge in [0.15, 0.2) is 0 Å². The highest BCUT2D eigenvalue weighted by Gasteiger charge is 2.13. The number of anilines is 2. The van der Waals surface area contributed by atoms with Crippen LogP contribution in [0.2, 0.25) is 0 Å². The fourth-order valence-electron chi connectivity index (χ4n) is 1.49. The van der Waals surface area contributed by atoms with Gasteiger partial charge in [0.25, 0.3) is 0 Å². The molecule has 0 aliphatic rings. The third kappa shape index (κ3) is 4.40. The van der Waals surface area contributed by atoms with Gasteiger partial charge in [-0.25, -0.2) is 4.98 Å². The minimum absolute atomic E-state index is 0.276. The number of nitrogens with one attached hydrogen (secondary N) is 2. The number of pyridine rings is 2. The van der Waals surface area contributed by atoms with Gasteiger partial charge in [-0.05, 0) is 29.8 Å². The molecule has 0 amide bonds. The van der Waals surface area contributed by atoms with E-state index in [0.717, 1.165) is 15.6 Å². The smallest absolute Gasteiger partial charge is 0.302 e. The largest absolute Gasteiger partial charge is 0.380 e. The molecular weight excluding hydrogens is 290 g/mol. The molecule has 2 rings (SSSR count). The molecule has 0 fully saturated rings. The van der Waals surface area contributed by atoms with E-state index in [0.29, 0.717) is 6.54 Å². The summed E-state index contributed by atoms with van der Waals surface area (Å²) >= 11 is 0. The lowest BCUT2D eigenvalue weighted by Gasteiger charge is -2.13. The number of aromatic nitrogens is 2. The predicted molar refractivity (Wildman–Crippen MR) is 82.0 cm³/mol. The first kappa shape index (κ1) is 15.2. The summed E-state index contributed by atoms with van der Waals surface area (Å²) in [6, 6.07) is 7.21. The van der Waals surface area contributed by atoms with Crippen LogP contribution >= 0.6 is 0 Å². The Morgan fingerprint density at radius 1 is 1.14 bits per heavy atom. The molecule has 2 heterocycles. The Balaban J connectivity index is 1.96. The monoisotopic (exact) mass is 307 g/mol. The highest BCUT2D eigenvalue weighted by Crippen LogP contribution is 2.12. The predicted octanol–water partition coefficient (Wildman–Crippen LogP) is 1.31. The molecule has 2 aromatic heterocycles. The Hall–Kier alpha value is -2.19. The van der Waals surface area contributed by atoms with Crippen LogP contribution in [0.4, 0.5) is 11.5 Å². The van der Waals surface area contributed by atoms with Crippen LogP contribution in [-0.2, 0) is 16.8 Å². The van der Waals surface area contributed by atoms with Crippen LogP contribution in [0.15, 0.2) is 42.9 Å². The summed E-state index contributed by atoms with van der Waals surface area (Å²) in [6.45, 7) is 0.646. The maximum atomic E-state index is 11.6. The Kier molecular flexibility index (Phi) is 4.71. The zero-order valence-electron chi connectivity index (χ0n) is 11.8. The summed E-state index contributed by atoms with van der Waals surface area (Å²) in [5.41, 5.74) is 1.90. The third-order valence-electron chi connectivity index (χ3n) is 2.72. The molecule has 7 nitrogen and oxygen atoms in total. The second-order valence-electron chi connectivity index (χ2n) is 4.53. The normalized spacial score (nSPS) is 11.4. The maximum absolute atomic E-state index is 11.6. The average Bonchev–Trinajstić information content (AvgIpc) is 2.47. The van der Waals surface area contributed by atoms with Crippen molar-refractivity contribution in [3.63, 3.8) is 0 Å². The SMILES string of the molecule is CN(C)S(=O)(=O)Nc1ccc(NCc2ccncc2)cn1. The highest BCUT2D eigenvalue weighted by molar-refractivity contribution is 7.90. The van der Waals surface area contributed by atoms with Crippen LogP contribution in [0.3, 0.4) is 0 Å². The Morgan fingerprint density at radius 2 is 1.86 bits per heavy atom. The molecule has 0 aliphatic carbocycles. The molecule has 2 aromatic rings. The van der Waals surface area contributed by atoms with Crippen molar-refractivity contribution in [2.45, 2.75) is 6.54 Å². The number of rotatable bonds is 6. The molecule has 0 bridgehead atoms. The molecule has 21 heavy (non-hydrogen) atoms. The second kappa shape index (κ2) is 6.51. The summed E-state index contributed by atoms with van der Waals surface area (Å²) in [5.74, 6) is 0.276. The molecule has 0 spiro atoms. The molecule has 112 valence electrons. The van der Waals surface area contributed by atoms with Gasteiger partial charge in [0, 0.05) is 33.0 Å². The van der Waals surface area contributed by atoms with Gasteiger partial charge in [-0.3, -0.25) is 9.71 Å². The zero-order valence-corrected chi connectivity index (χ0v) is 12.6. The number of hydrogen-bond acceptors (Lipinski definition) is 5. The lowest BCUT2D eigenvalue weighted by atomic mass is 10.2. The van der Waals surface area contributed by atoms with Crippen LogP contribution in [0, 0.1) is 0 Å². The Bertz CT molecular complexity index is 671. The number of nitrogens with zero attached hydrogens (tertiary/aromatic N) is 3. The minimum Gasteiger partial charge on any atom is -0.380 e. The van der Waals surface area contributed by atoms with Crippen molar-refractivity contribution >= 4 is 21.7 Å². The summed E-state index contributed by atoms with van der Waals surface area (Å²) in [6.07, 6.45) is 5.04. The van der Waals surface area contributed by atoms with Gasteiger partial charge in [-0.1, -0.05) is 0 Å². The van der Waals surface area contributed by atoms with E-state index in [1.54, 1.807) is 30.7 Å². The van der Waals surface area contributed by atoms with Crippen molar-refractivity contribution in [2.24, 2.45) is 0 Å². The Labute approximate surface area is 124 Å². The van der Waals surface area contributed by atoms with Crippen LogP contribution in [-0.4, -0.2) is 36.8 Å². The maximum Gasteiger partial charge on any atom is 0.302 e. The summed E-state index contributed by atoms with van der Waals surface area (Å²) < 4.78 is 26.8. The van der Waals surface area contributed by atoms with Crippen LogP contribution in [0.25, 0.3) is 0 Å². The molecule has 0 saturated heterocycles. The van der Waals surface area contributed by atoms with E-state index in [9.17, 15) is 8.42 Å². The molecule has 8 heteroatoms. The van der Waals surface area contributed by atoms with E-state index in [4.69, 9.17) is 0 Å². The first-order chi connectivity index (χ1) is 9.97. The van der Waals surface area contributed by atoms with Gasteiger partial charge in [0.2, 0.25) is 0 Å². The van der Waals surface area contributed by atoms with Crippen LogP contribution < -0.4 is 10.0 Å². The van der Waals surface area contributed by atoms with Crippen molar-refractivity contribution < 1.29 is 8.42 Å². The molecular formula is C13H17N5O2S. The fourth-order valence-corrected chi connectivity index (χ4v) is 2.05. The van der Waals surface area contributed by atoms with E-state index in [1.165, 1.54) is 14.1 Å². The lowest BCUT2D eigenvalue weighted by molar-refractivity contribution is 0.526. The van der Waals surface area contributed by atoms with Crippen molar-refractivity contribution in [2.75, 3.05) is 24.1 Å². The van der Waals surface area contributed by atoms with E-state index in [1.807, 2.05) is 12.1 Å². The van der Waals surface area contributed by atoms with Gasteiger partial charge < -0.3 is 5.32 Å². The van der Waals surface area contributed by atoms with Gasteiger partial charge in [-0.15, -0.1) is 0 Å². The summed E-state index contributed by atoms with van der Waals surface area (Å²) in [5, 5.41) is 3.20. The summed E-state index contributed by atoms with van der Waals surface area (Å²) in [4.78, 5) is 8.02. The van der Waals surface area contributed by atoms with E-state index >= 15 is 0 Å². The molecule has 0 radical (unpaired) electrons. The molecule has 0 aliphatic heterocycles. The zero-order chi connectivity index (χ0) is 15.3. The van der Waals surface area contributed by atoms with Crippen molar-refractivity contribution in [1.29, 1.82) is 0 Å². The van der Waals surface area contributed by atoms with Gasteiger partial charge in [0.05, 0.1) is 11.9 Å². The van der Waals surface area contributed by atoms with Crippen LogP contribution in [0.5, 0.6) is 0 Å². The molecule has 2 N–H and O–H groups in total. The molecule has 0 aromatic carbocycles. The third-order valence-corrected chi connectivity index (χ3v) is 4.15. The van der Waals surface area contributed by atoms with Crippen LogP contribution in [0.1, 0.15) is 5.56 Å². The quantitative estimate of drug-likeness (QED) is 0.840.